The summed E-state index contributed by atoms with van der Waals surface area (Å²) in [5.41, 5.74) is 0.654. The minimum Gasteiger partial charge on any atom is -0.380 e. The standard InChI is InChI=1S/C14H21F2NO/c1-3-5-17-14(10-18-4-2)8-11-6-12(15)9-13(16)7-11/h6-7,9,14,17H,3-5,8,10H2,1-2H3. The lowest BCUT2D eigenvalue weighted by Gasteiger charge is -2.18. The number of rotatable bonds is 8. The Bertz CT molecular complexity index is 329. The second-order valence-electron chi connectivity index (χ2n) is 4.29. The maximum Gasteiger partial charge on any atom is 0.126 e. The van der Waals surface area contributed by atoms with Crippen LogP contribution < -0.4 is 5.32 Å². The van der Waals surface area contributed by atoms with E-state index in [1.165, 1.54) is 12.1 Å². The third kappa shape index (κ3) is 5.56. The van der Waals surface area contributed by atoms with Crippen LogP contribution in [0.5, 0.6) is 0 Å². The van der Waals surface area contributed by atoms with Crippen molar-refractivity contribution >= 4 is 0 Å². The van der Waals surface area contributed by atoms with Crippen LogP contribution in [0.15, 0.2) is 18.2 Å². The Morgan fingerprint density at radius 1 is 1.17 bits per heavy atom. The van der Waals surface area contributed by atoms with E-state index in [4.69, 9.17) is 4.74 Å². The molecule has 0 saturated heterocycles. The van der Waals surface area contributed by atoms with Crippen molar-refractivity contribution in [3.63, 3.8) is 0 Å². The van der Waals surface area contributed by atoms with E-state index in [9.17, 15) is 8.78 Å². The van der Waals surface area contributed by atoms with Crippen molar-refractivity contribution in [2.75, 3.05) is 19.8 Å². The van der Waals surface area contributed by atoms with Crippen LogP contribution in [0.2, 0.25) is 0 Å². The second kappa shape index (κ2) is 8.16. The zero-order valence-electron chi connectivity index (χ0n) is 11.0. The molecular formula is C14H21F2NO. The van der Waals surface area contributed by atoms with Crippen LogP contribution in [0.4, 0.5) is 8.78 Å². The van der Waals surface area contributed by atoms with Crippen molar-refractivity contribution in [3.8, 4) is 0 Å². The lowest BCUT2D eigenvalue weighted by molar-refractivity contribution is 0.122. The Labute approximate surface area is 107 Å². The number of hydrogen-bond acceptors (Lipinski definition) is 2. The van der Waals surface area contributed by atoms with Crippen LogP contribution in [0.1, 0.15) is 25.8 Å². The first-order chi connectivity index (χ1) is 8.65. The summed E-state index contributed by atoms with van der Waals surface area (Å²) in [5, 5.41) is 3.32. The molecule has 1 unspecified atom stereocenters. The van der Waals surface area contributed by atoms with Crippen molar-refractivity contribution in [2.24, 2.45) is 0 Å². The topological polar surface area (TPSA) is 21.3 Å². The Hall–Kier alpha value is -1.00. The molecule has 1 rings (SSSR count). The van der Waals surface area contributed by atoms with Gasteiger partial charge in [-0.3, -0.25) is 0 Å². The maximum absolute atomic E-state index is 13.1. The summed E-state index contributed by atoms with van der Waals surface area (Å²) in [6.45, 7) is 6.07. The third-order valence-corrected chi connectivity index (χ3v) is 2.61. The predicted octanol–water partition coefficient (Wildman–Crippen LogP) is 2.91. The molecule has 0 bridgehead atoms. The lowest BCUT2D eigenvalue weighted by atomic mass is 10.1. The zero-order chi connectivity index (χ0) is 13.4. The highest BCUT2D eigenvalue weighted by Crippen LogP contribution is 2.10. The molecule has 0 radical (unpaired) electrons. The molecule has 0 fully saturated rings. The summed E-state index contributed by atoms with van der Waals surface area (Å²) in [7, 11) is 0. The van der Waals surface area contributed by atoms with Gasteiger partial charge in [0.25, 0.3) is 0 Å². The van der Waals surface area contributed by atoms with Gasteiger partial charge in [0.05, 0.1) is 6.61 Å². The molecule has 102 valence electrons. The molecule has 2 nitrogen and oxygen atoms in total. The van der Waals surface area contributed by atoms with E-state index in [1.54, 1.807) is 0 Å². The van der Waals surface area contributed by atoms with Gasteiger partial charge in [0.1, 0.15) is 11.6 Å². The fraction of sp³-hybridized carbons (Fsp3) is 0.571. The van der Waals surface area contributed by atoms with Gasteiger partial charge in [0.2, 0.25) is 0 Å². The Morgan fingerprint density at radius 2 is 1.83 bits per heavy atom. The Kier molecular flexibility index (Phi) is 6.83. The largest absolute Gasteiger partial charge is 0.380 e. The molecule has 0 heterocycles. The van der Waals surface area contributed by atoms with Gasteiger partial charge in [0, 0.05) is 18.7 Å². The van der Waals surface area contributed by atoms with Crippen molar-refractivity contribution in [3.05, 3.63) is 35.4 Å². The van der Waals surface area contributed by atoms with Gasteiger partial charge in [-0.2, -0.15) is 0 Å². The summed E-state index contributed by atoms with van der Waals surface area (Å²) < 4.78 is 31.6. The smallest absolute Gasteiger partial charge is 0.126 e. The number of benzene rings is 1. The first-order valence-electron chi connectivity index (χ1n) is 6.41. The molecule has 0 aliphatic heterocycles. The molecule has 1 N–H and O–H groups in total. The molecule has 1 aromatic rings. The normalized spacial score (nSPS) is 12.7. The molecule has 4 heteroatoms. The molecule has 1 aromatic carbocycles. The lowest BCUT2D eigenvalue weighted by Crippen LogP contribution is -2.36. The fourth-order valence-corrected chi connectivity index (χ4v) is 1.81. The van der Waals surface area contributed by atoms with Crippen molar-refractivity contribution < 1.29 is 13.5 Å². The molecule has 1 atom stereocenters. The van der Waals surface area contributed by atoms with Gasteiger partial charge in [-0.25, -0.2) is 8.78 Å². The maximum atomic E-state index is 13.1. The minimum atomic E-state index is -0.532. The van der Waals surface area contributed by atoms with Gasteiger partial charge >= 0.3 is 0 Å². The summed E-state index contributed by atoms with van der Waals surface area (Å²) in [5.74, 6) is -1.06. The summed E-state index contributed by atoms with van der Waals surface area (Å²) >= 11 is 0. The van der Waals surface area contributed by atoms with Gasteiger partial charge < -0.3 is 10.1 Å². The number of halogens is 2. The summed E-state index contributed by atoms with van der Waals surface area (Å²) in [6, 6.07) is 3.72. The molecule has 0 aliphatic carbocycles. The first-order valence-corrected chi connectivity index (χ1v) is 6.41. The molecule has 0 amide bonds. The van der Waals surface area contributed by atoms with Crippen molar-refractivity contribution in [1.29, 1.82) is 0 Å². The van der Waals surface area contributed by atoms with E-state index in [1.807, 2.05) is 6.92 Å². The Balaban J connectivity index is 2.62. The number of hydrogen-bond donors (Lipinski definition) is 1. The zero-order valence-corrected chi connectivity index (χ0v) is 11.0. The first kappa shape index (κ1) is 15.1. The monoisotopic (exact) mass is 257 g/mol. The second-order valence-corrected chi connectivity index (χ2v) is 4.29. The molecule has 0 aliphatic rings. The summed E-state index contributed by atoms with van der Waals surface area (Å²) in [4.78, 5) is 0. The van der Waals surface area contributed by atoms with Gasteiger partial charge in [-0.15, -0.1) is 0 Å². The third-order valence-electron chi connectivity index (χ3n) is 2.61. The van der Waals surface area contributed by atoms with E-state index in [0.717, 1.165) is 19.0 Å². The van der Waals surface area contributed by atoms with E-state index in [0.29, 0.717) is 25.2 Å². The molecule has 0 aromatic heterocycles. The van der Waals surface area contributed by atoms with Crippen LogP contribution in [-0.2, 0) is 11.2 Å². The van der Waals surface area contributed by atoms with Crippen LogP contribution in [0.25, 0.3) is 0 Å². The highest BCUT2D eigenvalue weighted by molar-refractivity contribution is 5.19. The molecule has 0 spiro atoms. The Morgan fingerprint density at radius 3 is 2.39 bits per heavy atom. The van der Waals surface area contributed by atoms with Crippen LogP contribution in [0.3, 0.4) is 0 Å². The van der Waals surface area contributed by atoms with Crippen LogP contribution in [-0.4, -0.2) is 25.8 Å². The highest BCUT2D eigenvalue weighted by Gasteiger charge is 2.10. The van der Waals surface area contributed by atoms with Gasteiger partial charge in [0.15, 0.2) is 0 Å². The summed E-state index contributed by atoms with van der Waals surface area (Å²) in [6.07, 6.45) is 1.58. The highest BCUT2D eigenvalue weighted by atomic mass is 19.1. The van der Waals surface area contributed by atoms with Crippen molar-refractivity contribution in [1.82, 2.24) is 5.32 Å². The van der Waals surface area contributed by atoms with E-state index in [-0.39, 0.29) is 6.04 Å². The van der Waals surface area contributed by atoms with Crippen molar-refractivity contribution in [2.45, 2.75) is 32.7 Å². The van der Waals surface area contributed by atoms with Gasteiger partial charge in [-0.1, -0.05) is 6.92 Å². The van der Waals surface area contributed by atoms with Crippen LogP contribution >= 0.6 is 0 Å². The fourth-order valence-electron chi connectivity index (χ4n) is 1.81. The SMILES string of the molecule is CCCNC(COCC)Cc1cc(F)cc(F)c1. The molecule has 18 heavy (non-hydrogen) atoms. The predicted molar refractivity (Wildman–Crippen MR) is 68.6 cm³/mol. The minimum absolute atomic E-state index is 0.0890. The quantitative estimate of drug-likeness (QED) is 0.773. The number of nitrogens with one attached hydrogen (secondary N) is 1. The molecular weight excluding hydrogens is 236 g/mol. The van der Waals surface area contributed by atoms with E-state index >= 15 is 0 Å². The average molecular weight is 257 g/mol. The van der Waals surface area contributed by atoms with Gasteiger partial charge in [-0.05, 0) is 44.0 Å². The number of ether oxygens (including phenoxy) is 1. The van der Waals surface area contributed by atoms with Crippen LogP contribution in [0, 0.1) is 11.6 Å². The average Bonchev–Trinajstić information content (AvgIpc) is 2.31. The van der Waals surface area contributed by atoms with E-state index in [2.05, 4.69) is 12.2 Å². The molecule has 0 saturated carbocycles. The van der Waals surface area contributed by atoms with E-state index < -0.39 is 11.6 Å².